The highest BCUT2D eigenvalue weighted by Crippen LogP contribution is 2.28. The van der Waals surface area contributed by atoms with Gasteiger partial charge in [0.25, 0.3) is 5.91 Å². The van der Waals surface area contributed by atoms with Gasteiger partial charge in [-0.25, -0.2) is 4.68 Å². The fourth-order valence-corrected chi connectivity index (χ4v) is 3.44. The van der Waals surface area contributed by atoms with Crippen molar-refractivity contribution in [2.24, 2.45) is 0 Å². The van der Waals surface area contributed by atoms with E-state index in [1.54, 1.807) is 11.8 Å². The summed E-state index contributed by atoms with van der Waals surface area (Å²) in [5.74, 6) is 1.18. The summed E-state index contributed by atoms with van der Waals surface area (Å²) in [5.41, 5.74) is 3.91. The first kappa shape index (κ1) is 20.9. The van der Waals surface area contributed by atoms with Gasteiger partial charge in [-0.3, -0.25) is 4.79 Å². The molecule has 1 heterocycles. The number of hydrogen-bond donors (Lipinski definition) is 1. The highest BCUT2D eigenvalue weighted by atomic mass is 79.9. The smallest absolute Gasteiger partial charge is 0.255 e. The molecule has 29 heavy (non-hydrogen) atoms. The maximum Gasteiger partial charge on any atom is 0.255 e. The zero-order valence-electron chi connectivity index (χ0n) is 17.0. The molecule has 0 aliphatic rings. The molecule has 1 amide bonds. The van der Waals surface area contributed by atoms with Crippen molar-refractivity contribution in [3.8, 4) is 17.2 Å². The van der Waals surface area contributed by atoms with E-state index in [1.165, 1.54) is 0 Å². The van der Waals surface area contributed by atoms with E-state index in [1.807, 2.05) is 63.2 Å². The van der Waals surface area contributed by atoms with E-state index in [-0.39, 0.29) is 5.91 Å². The van der Waals surface area contributed by atoms with Crippen LogP contribution in [0.2, 0.25) is 0 Å². The lowest BCUT2D eigenvalue weighted by Crippen LogP contribution is -2.24. The monoisotopic (exact) mass is 457 g/mol. The largest absolute Gasteiger partial charge is 0.493 e. The van der Waals surface area contributed by atoms with Crippen molar-refractivity contribution < 1.29 is 14.3 Å². The number of aryl methyl sites for hydroxylation is 1. The highest BCUT2D eigenvalue weighted by Gasteiger charge is 2.19. The molecule has 7 heteroatoms. The van der Waals surface area contributed by atoms with Gasteiger partial charge >= 0.3 is 0 Å². The van der Waals surface area contributed by atoms with E-state index in [4.69, 9.17) is 9.47 Å². The van der Waals surface area contributed by atoms with Gasteiger partial charge in [0.1, 0.15) is 0 Å². The maximum absolute atomic E-state index is 12.9. The Morgan fingerprint density at radius 2 is 1.86 bits per heavy atom. The summed E-state index contributed by atoms with van der Waals surface area (Å²) in [4.78, 5) is 12.9. The normalized spacial score (nSPS) is 10.7. The summed E-state index contributed by atoms with van der Waals surface area (Å²) in [7, 11) is 1.60. The highest BCUT2D eigenvalue weighted by molar-refractivity contribution is 9.10. The molecule has 0 bridgehead atoms. The van der Waals surface area contributed by atoms with Gasteiger partial charge in [0.05, 0.1) is 36.4 Å². The molecule has 0 spiro atoms. The SMILES string of the molecule is CCOc1ccc(CNC(=O)c2c(C)nn(-c3ccc(Br)cc3)c2C)cc1OC. The molecule has 0 radical (unpaired) electrons. The Morgan fingerprint density at radius 3 is 2.52 bits per heavy atom. The molecule has 0 atom stereocenters. The Labute approximate surface area is 179 Å². The van der Waals surface area contributed by atoms with Crippen LogP contribution in [0.4, 0.5) is 0 Å². The van der Waals surface area contributed by atoms with Gasteiger partial charge in [0.15, 0.2) is 11.5 Å². The second-order valence-electron chi connectivity index (χ2n) is 6.53. The molecule has 0 saturated heterocycles. The predicted octanol–water partition coefficient (Wildman–Crippen LogP) is 4.59. The molecule has 152 valence electrons. The van der Waals surface area contributed by atoms with Gasteiger partial charge in [-0.05, 0) is 62.7 Å². The summed E-state index contributed by atoms with van der Waals surface area (Å²) in [6, 6.07) is 13.4. The number of benzene rings is 2. The van der Waals surface area contributed by atoms with Crippen molar-refractivity contribution in [2.75, 3.05) is 13.7 Å². The molecule has 0 unspecified atom stereocenters. The molecule has 1 N–H and O–H groups in total. The van der Waals surface area contributed by atoms with Crippen LogP contribution >= 0.6 is 15.9 Å². The lowest BCUT2D eigenvalue weighted by molar-refractivity contribution is 0.0949. The molecule has 2 aromatic carbocycles. The van der Waals surface area contributed by atoms with Crippen molar-refractivity contribution >= 4 is 21.8 Å². The second kappa shape index (κ2) is 9.13. The third-order valence-corrected chi connectivity index (χ3v) is 5.10. The number of nitrogens with zero attached hydrogens (tertiary/aromatic N) is 2. The predicted molar refractivity (Wildman–Crippen MR) is 116 cm³/mol. The van der Waals surface area contributed by atoms with Crippen LogP contribution in [0.15, 0.2) is 46.9 Å². The first-order chi connectivity index (χ1) is 13.9. The van der Waals surface area contributed by atoms with E-state index < -0.39 is 0 Å². The van der Waals surface area contributed by atoms with Crippen LogP contribution < -0.4 is 14.8 Å². The van der Waals surface area contributed by atoms with Crippen LogP contribution in [0.1, 0.15) is 34.2 Å². The number of carbonyl (C=O) groups excluding carboxylic acids is 1. The summed E-state index contributed by atoms with van der Waals surface area (Å²) >= 11 is 3.43. The van der Waals surface area contributed by atoms with E-state index in [2.05, 4.69) is 26.3 Å². The Kier molecular flexibility index (Phi) is 6.59. The zero-order valence-corrected chi connectivity index (χ0v) is 18.5. The second-order valence-corrected chi connectivity index (χ2v) is 7.45. The van der Waals surface area contributed by atoms with Crippen LogP contribution in [0.25, 0.3) is 5.69 Å². The fourth-order valence-electron chi connectivity index (χ4n) is 3.17. The molecule has 3 aromatic rings. The molecular formula is C22H24BrN3O3. The van der Waals surface area contributed by atoms with Crippen LogP contribution in [0, 0.1) is 13.8 Å². The summed E-state index contributed by atoms with van der Waals surface area (Å²) in [6.45, 7) is 6.61. The number of halogens is 1. The average molecular weight is 458 g/mol. The lowest BCUT2D eigenvalue weighted by Gasteiger charge is -2.12. The molecule has 0 aliphatic heterocycles. The molecule has 3 rings (SSSR count). The maximum atomic E-state index is 12.9. The molecule has 0 aliphatic carbocycles. The quantitative estimate of drug-likeness (QED) is 0.563. The third-order valence-electron chi connectivity index (χ3n) is 4.57. The first-order valence-electron chi connectivity index (χ1n) is 9.34. The molecule has 1 aromatic heterocycles. The number of rotatable bonds is 7. The molecule has 0 fully saturated rings. The van der Waals surface area contributed by atoms with Gasteiger partial charge in [0, 0.05) is 11.0 Å². The van der Waals surface area contributed by atoms with Crippen LogP contribution in [-0.4, -0.2) is 29.4 Å². The lowest BCUT2D eigenvalue weighted by atomic mass is 10.1. The van der Waals surface area contributed by atoms with Crippen molar-refractivity contribution in [1.29, 1.82) is 0 Å². The number of nitrogens with one attached hydrogen (secondary N) is 1. The topological polar surface area (TPSA) is 65.4 Å². The van der Waals surface area contributed by atoms with Gasteiger partial charge < -0.3 is 14.8 Å². The number of hydrogen-bond acceptors (Lipinski definition) is 4. The standard InChI is InChI=1S/C22H24BrN3O3/c1-5-29-19-11-6-16(12-20(19)28-4)13-24-22(27)21-14(2)25-26(15(21)3)18-9-7-17(23)8-10-18/h6-12H,5,13H2,1-4H3,(H,24,27). The van der Waals surface area contributed by atoms with Crippen molar-refractivity contribution in [1.82, 2.24) is 15.1 Å². The van der Waals surface area contributed by atoms with Crippen molar-refractivity contribution in [3.63, 3.8) is 0 Å². The Balaban J connectivity index is 1.77. The Morgan fingerprint density at radius 1 is 1.14 bits per heavy atom. The van der Waals surface area contributed by atoms with Crippen molar-refractivity contribution in [2.45, 2.75) is 27.3 Å². The number of methoxy groups -OCH3 is 1. The summed E-state index contributed by atoms with van der Waals surface area (Å²) < 4.78 is 13.7. The van der Waals surface area contributed by atoms with E-state index in [0.29, 0.717) is 35.9 Å². The van der Waals surface area contributed by atoms with Crippen LogP contribution in [-0.2, 0) is 6.54 Å². The Bertz CT molecular complexity index is 1010. The first-order valence-corrected chi connectivity index (χ1v) is 10.1. The van der Waals surface area contributed by atoms with E-state index >= 15 is 0 Å². The number of carbonyl (C=O) groups is 1. The fraction of sp³-hybridized carbons (Fsp3) is 0.273. The van der Waals surface area contributed by atoms with Crippen LogP contribution in [0.5, 0.6) is 11.5 Å². The van der Waals surface area contributed by atoms with E-state index in [9.17, 15) is 4.79 Å². The molecule has 6 nitrogen and oxygen atoms in total. The van der Waals surface area contributed by atoms with Gasteiger partial charge in [-0.2, -0.15) is 5.10 Å². The average Bonchev–Trinajstić information content (AvgIpc) is 3.01. The minimum absolute atomic E-state index is 0.156. The minimum Gasteiger partial charge on any atom is -0.493 e. The number of amides is 1. The van der Waals surface area contributed by atoms with Crippen molar-refractivity contribution in [3.05, 3.63) is 69.5 Å². The van der Waals surface area contributed by atoms with Crippen LogP contribution in [0.3, 0.4) is 0 Å². The molecule has 0 saturated carbocycles. The Hall–Kier alpha value is -2.80. The van der Waals surface area contributed by atoms with E-state index in [0.717, 1.165) is 21.4 Å². The number of ether oxygens (including phenoxy) is 2. The van der Waals surface area contributed by atoms with Gasteiger partial charge in [0.2, 0.25) is 0 Å². The zero-order chi connectivity index (χ0) is 21.0. The third kappa shape index (κ3) is 4.62. The van der Waals surface area contributed by atoms with Gasteiger partial charge in [-0.15, -0.1) is 0 Å². The van der Waals surface area contributed by atoms with Gasteiger partial charge in [-0.1, -0.05) is 22.0 Å². The summed E-state index contributed by atoms with van der Waals surface area (Å²) in [6.07, 6.45) is 0. The molecular weight excluding hydrogens is 434 g/mol. The minimum atomic E-state index is -0.156. The number of aromatic nitrogens is 2. The summed E-state index contributed by atoms with van der Waals surface area (Å²) in [5, 5.41) is 7.53.